The summed E-state index contributed by atoms with van der Waals surface area (Å²) in [4.78, 5) is 16.0. The van der Waals surface area contributed by atoms with Crippen LogP contribution in [-0.4, -0.2) is 31.0 Å². The maximum absolute atomic E-state index is 12.1. The molecule has 0 spiro atoms. The number of rotatable bonds is 5. The Morgan fingerprint density at radius 2 is 2.09 bits per heavy atom. The molecule has 0 saturated heterocycles. The minimum Gasteiger partial charge on any atom is -0.349 e. The van der Waals surface area contributed by atoms with Gasteiger partial charge in [-0.15, -0.1) is 0 Å². The monoisotopic (exact) mass is 312 g/mol. The molecule has 8 nitrogen and oxygen atoms in total. The van der Waals surface area contributed by atoms with Gasteiger partial charge in [-0.1, -0.05) is 22.4 Å². The summed E-state index contributed by atoms with van der Waals surface area (Å²) in [6.45, 7) is 3.68. The highest BCUT2D eigenvalue weighted by molar-refractivity contribution is 5.78. The second-order valence-electron chi connectivity index (χ2n) is 5.19. The van der Waals surface area contributed by atoms with E-state index in [1.165, 1.54) is 6.33 Å². The summed E-state index contributed by atoms with van der Waals surface area (Å²) in [6, 6.07) is 7.64. The molecule has 0 saturated carbocycles. The molecule has 3 rings (SSSR count). The van der Waals surface area contributed by atoms with E-state index in [1.54, 1.807) is 17.9 Å². The maximum Gasteiger partial charge on any atom is 0.226 e. The average molecular weight is 312 g/mol. The van der Waals surface area contributed by atoms with Gasteiger partial charge in [0, 0.05) is 0 Å². The highest BCUT2D eigenvalue weighted by Gasteiger charge is 2.14. The molecule has 2 aromatic heterocycles. The summed E-state index contributed by atoms with van der Waals surface area (Å²) in [5.74, 6) is -0.128. The molecule has 0 aliphatic carbocycles. The second-order valence-corrected chi connectivity index (χ2v) is 5.19. The normalized spacial score (nSPS) is 12.1. The van der Waals surface area contributed by atoms with E-state index in [0.29, 0.717) is 11.4 Å². The lowest BCUT2D eigenvalue weighted by Gasteiger charge is -2.14. The molecule has 23 heavy (non-hydrogen) atoms. The molecule has 118 valence electrons. The molecule has 0 aliphatic rings. The lowest BCUT2D eigenvalue weighted by atomic mass is 10.1. The van der Waals surface area contributed by atoms with Crippen LogP contribution in [0.1, 0.15) is 29.9 Å². The molecular weight excluding hydrogens is 296 g/mol. The van der Waals surface area contributed by atoms with Crippen LogP contribution in [-0.2, 0) is 11.2 Å². The van der Waals surface area contributed by atoms with E-state index in [9.17, 15) is 4.79 Å². The van der Waals surface area contributed by atoms with E-state index in [0.717, 1.165) is 11.3 Å². The lowest BCUT2D eigenvalue weighted by Crippen LogP contribution is -2.28. The molecule has 2 heterocycles. The molecule has 3 aromatic rings. The lowest BCUT2D eigenvalue weighted by molar-refractivity contribution is -0.121. The predicted molar refractivity (Wildman–Crippen MR) is 80.7 cm³/mol. The van der Waals surface area contributed by atoms with Crippen molar-refractivity contribution in [3.63, 3.8) is 0 Å². The zero-order chi connectivity index (χ0) is 16.2. The standard InChI is InChI=1S/C15H16N6O2/c1-10(18-15(22)7-14-11(2)19-23-20-14)12-3-5-13(6-4-12)21-9-16-8-17-21/h3-6,8-10H,7H2,1-2H3,(H,18,22)/t10-/m1/s1. The van der Waals surface area contributed by atoms with Gasteiger partial charge in [0.15, 0.2) is 0 Å². The molecular formula is C15H16N6O2. The minimum absolute atomic E-state index is 0.118. The number of hydrogen-bond donors (Lipinski definition) is 1. The second kappa shape index (κ2) is 6.39. The average Bonchev–Trinajstić information content (AvgIpc) is 3.20. The first-order valence-corrected chi connectivity index (χ1v) is 7.16. The number of carbonyl (C=O) groups excluding carboxylic acids is 1. The topological polar surface area (TPSA) is 98.7 Å². The Morgan fingerprint density at radius 1 is 1.30 bits per heavy atom. The summed E-state index contributed by atoms with van der Waals surface area (Å²) in [6.07, 6.45) is 3.27. The van der Waals surface area contributed by atoms with Gasteiger partial charge in [0.2, 0.25) is 5.91 Å². The molecule has 0 fully saturated rings. The Bertz CT molecular complexity index is 779. The van der Waals surface area contributed by atoms with Crippen LogP contribution in [0.25, 0.3) is 5.69 Å². The van der Waals surface area contributed by atoms with E-state index in [1.807, 2.05) is 31.2 Å². The van der Waals surface area contributed by atoms with Crippen molar-refractivity contribution in [3.8, 4) is 5.69 Å². The number of amides is 1. The Morgan fingerprint density at radius 3 is 2.70 bits per heavy atom. The minimum atomic E-state index is -0.128. The van der Waals surface area contributed by atoms with Crippen molar-refractivity contribution in [2.45, 2.75) is 26.3 Å². The number of nitrogens with one attached hydrogen (secondary N) is 1. The molecule has 1 atom stereocenters. The van der Waals surface area contributed by atoms with E-state index < -0.39 is 0 Å². The molecule has 1 aromatic carbocycles. The Balaban J connectivity index is 1.62. The van der Waals surface area contributed by atoms with Crippen LogP contribution < -0.4 is 5.32 Å². The van der Waals surface area contributed by atoms with E-state index >= 15 is 0 Å². The Labute approximate surface area is 132 Å². The fourth-order valence-electron chi connectivity index (χ4n) is 2.20. The van der Waals surface area contributed by atoms with Crippen molar-refractivity contribution in [2.75, 3.05) is 0 Å². The van der Waals surface area contributed by atoms with Crippen molar-refractivity contribution < 1.29 is 9.42 Å². The number of aryl methyl sites for hydroxylation is 1. The van der Waals surface area contributed by atoms with Gasteiger partial charge in [0.1, 0.15) is 24.0 Å². The Kier molecular flexibility index (Phi) is 4.13. The van der Waals surface area contributed by atoms with Crippen LogP contribution in [0.4, 0.5) is 0 Å². The van der Waals surface area contributed by atoms with Crippen LogP contribution in [0.5, 0.6) is 0 Å². The summed E-state index contributed by atoms with van der Waals surface area (Å²) in [5, 5.41) is 14.4. The third kappa shape index (κ3) is 3.42. The number of benzene rings is 1. The van der Waals surface area contributed by atoms with Crippen molar-refractivity contribution >= 4 is 5.91 Å². The van der Waals surface area contributed by atoms with Gasteiger partial charge < -0.3 is 5.32 Å². The highest BCUT2D eigenvalue weighted by atomic mass is 16.6. The van der Waals surface area contributed by atoms with Crippen molar-refractivity contribution in [1.29, 1.82) is 0 Å². The largest absolute Gasteiger partial charge is 0.349 e. The van der Waals surface area contributed by atoms with Crippen LogP contribution in [0.15, 0.2) is 41.5 Å². The molecule has 0 radical (unpaired) electrons. The summed E-state index contributed by atoms with van der Waals surface area (Å²) < 4.78 is 6.26. The molecule has 0 unspecified atom stereocenters. The summed E-state index contributed by atoms with van der Waals surface area (Å²) >= 11 is 0. The SMILES string of the molecule is Cc1nonc1CC(=O)N[C@H](C)c1ccc(-n2cncn2)cc1. The van der Waals surface area contributed by atoms with E-state index in [-0.39, 0.29) is 18.4 Å². The van der Waals surface area contributed by atoms with Crippen LogP contribution in [0.3, 0.4) is 0 Å². The van der Waals surface area contributed by atoms with Crippen LogP contribution in [0, 0.1) is 6.92 Å². The first-order valence-electron chi connectivity index (χ1n) is 7.16. The predicted octanol–water partition coefficient (Wildman–Crippen LogP) is 1.38. The van der Waals surface area contributed by atoms with E-state index in [4.69, 9.17) is 0 Å². The van der Waals surface area contributed by atoms with Crippen molar-refractivity contribution in [3.05, 3.63) is 53.9 Å². The zero-order valence-corrected chi connectivity index (χ0v) is 12.8. The highest BCUT2D eigenvalue weighted by Crippen LogP contribution is 2.15. The van der Waals surface area contributed by atoms with Gasteiger partial charge >= 0.3 is 0 Å². The Hall–Kier alpha value is -3.03. The van der Waals surface area contributed by atoms with Crippen molar-refractivity contribution in [1.82, 2.24) is 30.4 Å². The van der Waals surface area contributed by atoms with Gasteiger partial charge in [-0.25, -0.2) is 14.3 Å². The summed E-state index contributed by atoms with van der Waals surface area (Å²) in [5.41, 5.74) is 3.09. The fraction of sp³-hybridized carbons (Fsp3) is 0.267. The van der Waals surface area contributed by atoms with Gasteiger partial charge in [-0.05, 0) is 31.5 Å². The van der Waals surface area contributed by atoms with Crippen LogP contribution in [0.2, 0.25) is 0 Å². The van der Waals surface area contributed by atoms with Gasteiger partial charge in [0.05, 0.1) is 18.2 Å². The van der Waals surface area contributed by atoms with Gasteiger partial charge in [-0.2, -0.15) is 5.10 Å². The first-order chi connectivity index (χ1) is 11.1. The fourth-order valence-corrected chi connectivity index (χ4v) is 2.20. The number of carbonyl (C=O) groups is 1. The zero-order valence-electron chi connectivity index (χ0n) is 12.8. The molecule has 8 heteroatoms. The first kappa shape index (κ1) is 14.9. The van der Waals surface area contributed by atoms with Crippen molar-refractivity contribution in [2.24, 2.45) is 0 Å². The molecule has 0 bridgehead atoms. The number of aromatic nitrogens is 5. The van der Waals surface area contributed by atoms with Crippen LogP contribution >= 0.6 is 0 Å². The molecule has 0 aliphatic heterocycles. The number of nitrogens with zero attached hydrogens (tertiary/aromatic N) is 5. The maximum atomic E-state index is 12.1. The summed E-state index contributed by atoms with van der Waals surface area (Å²) in [7, 11) is 0. The molecule has 1 amide bonds. The van der Waals surface area contributed by atoms with Gasteiger partial charge in [0.25, 0.3) is 0 Å². The number of hydrogen-bond acceptors (Lipinski definition) is 6. The quantitative estimate of drug-likeness (QED) is 0.764. The van der Waals surface area contributed by atoms with Gasteiger partial charge in [-0.3, -0.25) is 4.79 Å². The third-order valence-corrected chi connectivity index (χ3v) is 3.53. The third-order valence-electron chi connectivity index (χ3n) is 3.53. The molecule has 1 N–H and O–H groups in total. The van der Waals surface area contributed by atoms with E-state index in [2.05, 4.69) is 30.3 Å². The smallest absolute Gasteiger partial charge is 0.226 e.